The van der Waals surface area contributed by atoms with Crippen molar-refractivity contribution in [3.63, 3.8) is 0 Å². The largest absolute Gasteiger partial charge is 0.462 e. The molecule has 1 rings (SSSR count). The fraction of sp³-hybridized carbons (Fsp3) is 0.167. The van der Waals surface area contributed by atoms with Gasteiger partial charge in [0.2, 0.25) is 0 Å². The van der Waals surface area contributed by atoms with Crippen LogP contribution in [0.4, 0.5) is 0 Å². The highest BCUT2D eigenvalue weighted by Crippen LogP contribution is 2.12. The van der Waals surface area contributed by atoms with Gasteiger partial charge in [-0.05, 0) is 25.1 Å². The first-order valence-electron chi connectivity index (χ1n) is 4.52. The van der Waals surface area contributed by atoms with E-state index in [1.807, 2.05) is 56.3 Å². The molecule has 70 valence electrons. The van der Waals surface area contributed by atoms with Crippen molar-refractivity contribution in [2.24, 2.45) is 0 Å². The number of benzene rings is 1. The maximum Gasteiger partial charge on any atom is 0.126 e. The molecular formula is C12H13BO. The normalized spacial score (nSPS) is 12.7. The standard InChI is InChI=1S/C12H13BO/c1-10(13)8-9-11(2)14-12-6-4-3-5-7-12/h3-9H,1-2H3/b10-8+,11-9+. The Labute approximate surface area is 86.5 Å². The van der Waals surface area contributed by atoms with Gasteiger partial charge in [-0.15, -0.1) is 5.47 Å². The summed E-state index contributed by atoms with van der Waals surface area (Å²) in [5, 5.41) is 0. The monoisotopic (exact) mass is 184 g/mol. The van der Waals surface area contributed by atoms with Gasteiger partial charge in [0.1, 0.15) is 19.4 Å². The van der Waals surface area contributed by atoms with E-state index in [4.69, 9.17) is 12.6 Å². The predicted molar refractivity (Wildman–Crippen MR) is 60.3 cm³/mol. The Morgan fingerprint density at radius 3 is 2.36 bits per heavy atom. The van der Waals surface area contributed by atoms with Crippen LogP contribution >= 0.6 is 0 Å². The molecule has 0 saturated heterocycles. The van der Waals surface area contributed by atoms with Crippen LogP contribution < -0.4 is 4.74 Å². The molecule has 14 heavy (non-hydrogen) atoms. The van der Waals surface area contributed by atoms with Crippen molar-refractivity contribution in [2.45, 2.75) is 13.8 Å². The third kappa shape index (κ3) is 3.99. The van der Waals surface area contributed by atoms with Crippen LogP contribution in [0.5, 0.6) is 5.75 Å². The summed E-state index contributed by atoms with van der Waals surface area (Å²) in [7, 11) is 5.50. The Hall–Kier alpha value is -1.44. The fourth-order valence-electron chi connectivity index (χ4n) is 0.957. The molecule has 2 heteroatoms. The number of ether oxygens (including phenoxy) is 1. The summed E-state index contributed by atoms with van der Waals surface area (Å²) in [6, 6.07) is 9.65. The molecule has 0 aliphatic rings. The molecular weight excluding hydrogens is 171 g/mol. The minimum Gasteiger partial charge on any atom is -0.462 e. The van der Waals surface area contributed by atoms with E-state index in [0.29, 0.717) is 0 Å². The molecule has 0 unspecified atom stereocenters. The fourth-order valence-corrected chi connectivity index (χ4v) is 0.957. The molecule has 2 radical (unpaired) electrons. The third-order valence-electron chi connectivity index (χ3n) is 1.60. The second kappa shape index (κ2) is 5.33. The molecule has 0 amide bonds. The molecule has 0 spiro atoms. The zero-order valence-electron chi connectivity index (χ0n) is 8.53. The zero-order valence-corrected chi connectivity index (χ0v) is 8.53. The Kier molecular flexibility index (Phi) is 4.05. The van der Waals surface area contributed by atoms with Gasteiger partial charge in [-0.1, -0.05) is 31.2 Å². The van der Waals surface area contributed by atoms with Crippen molar-refractivity contribution in [3.8, 4) is 5.75 Å². The molecule has 0 N–H and O–H groups in total. The Morgan fingerprint density at radius 1 is 1.14 bits per heavy atom. The highest BCUT2D eigenvalue weighted by molar-refractivity contribution is 6.21. The van der Waals surface area contributed by atoms with Crippen LogP contribution in [0.3, 0.4) is 0 Å². The van der Waals surface area contributed by atoms with Crippen LogP contribution in [0.2, 0.25) is 0 Å². The van der Waals surface area contributed by atoms with Gasteiger partial charge in [0.15, 0.2) is 0 Å². The lowest BCUT2D eigenvalue weighted by molar-refractivity contribution is 0.428. The second-order valence-corrected chi connectivity index (χ2v) is 3.10. The molecule has 1 aromatic rings. The van der Waals surface area contributed by atoms with Crippen molar-refractivity contribution in [1.29, 1.82) is 0 Å². The Morgan fingerprint density at radius 2 is 1.79 bits per heavy atom. The van der Waals surface area contributed by atoms with E-state index in [0.717, 1.165) is 17.0 Å². The Bertz CT molecular complexity index is 335. The van der Waals surface area contributed by atoms with Crippen LogP contribution in [0, 0.1) is 0 Å². The number of rotatable bonds is 3. The molecule has 0 fully saturated rings. The van der Waals surface area contributed by atoms with E-state index in [9.17, 15) is 0 Å². The maximum atomic E-state index is 5.53. The number of hydrogen-bond donors (Lipinski definition) is 0. The summed E-state index contributed by atoms with van der Waals surface area (Å²) in [4.78, 5) is 0. The van der Waals surface area contributed by atoms with Crippen LogP contribution in [-0.4, -0.2) is 7.85 Å². The summed E-state index contributed by atoms with van der Waals surface area (Å²) < 4.78 is 5.53. The number of allylic oxidation sites excluding steroid dienone is 4. The van der Waals surface area contributed by atoms with Crippen molar-refractivity contribution in [1.82, 2.24) is 0 Å². The molecule has 0 bridgehead atoms. The topological polar surface area (TPSA) is 9.23 Å². The third-order valence-corrected chi connectivity index (χ3v) is 1.60. The van der Waals surface area contributed by atoms with Gasteiger partial charge in [0.05, 0.1) is 0 Å². The summed E-state index contributed by atoms with van der Waals surface area (Å²) >= 11 is 0. The Balaban J connectivity index is 2.62. The van der Waals surface area contributed by atoms with Crippen molar-refractivity contribution >= 4 is 7.85 Å². The maximum absolute atomic E-state index is 5.53. The first kappa shape index (κ1) is 10.6. The van der Waals surface area contributed by atoms with Crippen molar-refractivity contribution in [2.75, 3.05) is 0 Å². The van der Waals surface area contributed by atoms with E-state index in [1.165, 1.54) is 0 Å². The molecule has 0 aromatic heterocycles. The van der Waals surface area contributed by atoms with Crippen molar-refractivity contribution in [3.05, 3.63) is 53.7 Å². The van der Waals surface area contributed by atoms with Crippen molar-refractivity contribution < 1.29 is 4.74 Å². The summed E-state index contributed by atoms with van der Waals surface area (Å²) in [6.07, 6.45) is 3.67. The lowest BCUT2D eigenvalue weighted by Gasteiger charge is -2.04. The van der Waals surface area contributed by atoms with Gasteiger partial charge < -0.3 is 4.74 Å². The second-order valence-electron chi connectivity index (χ2n) is 3.10. The SMILES string of the molecule is [B]/C(C)=C/C=C(\C)Oc1ccccc1. The molecule has 0 aliphatic heterocycles. The summed E-state index contributed by atoms with van der Waals surface area (Å²) in [6.45, 7) is 3.73. The summed E-state index contributed by atoms with van der Waals surface area (Å²) in [5.74, 6) is 1.66. The zero-order chi connectivity index (χ0) is 10.4. The van der Waals surface area contributed by atoms with Gasteiger partial charge in [-0.25, -0.2) is 0 Å². The molecule has 1 aromatic carbocycles. The van der Waals surface area contributed by atoms with E-state index >= 15 is 0 Å². The number of hydrogen-bond acceptors (Lipinski definition) is 1. The molecule has 1 nitrogen and oxygen atoms in total. The van der Waals surface area contributed by atoms with Crippen LogP contribution in [-0.2, 0) is 0 Å². The molecule has 0 saturated carbocycles. The van der Waals surface area contributed by atoms with Crippen LogP contribution in [0.25, 0.3) is 0 Å². The quantitative estimate of drug-likeness (QED) is 0.398. The van der Waals surface area contributed by atoms with E-state index in [1.54, 1.807) is 0 Å². The molecule has 0 heterocycles. The van der Waals surface area contributed by atoms with E-state index in [2.05, 4.69) is 0 Å². The van der Waals surface area contributed by atoms with Gasteiger partial charge in [0.25, 0.3) is 0 Å². The highest BCUT2D eigenvalue weighted by Gasteiger charge is 1.91. The van der Waals surface area contributed by atoms with Gasteiger partial charge >= 0.3 is 0 Å². The first-order valence-corrected chi connectivity index (χ1v) is 4.52. The minimum atomic E-state index is 0.765. The highest BCUT2D eigenvalue weighted by atomic mass is 16.5. The molecule has 0 aliphatic carbocycles. The van der Waals surface area contributed by atoms with Gasteiger partial charge in [0, 0.05) is 0 Å². The molecule has 0 atom stereocenters. The van der Waals surface area contributed by atoms with E-state index < -0.39 is 0 Å². The summed E-state index contributed by atoms with van der Waals surface area (Å²) in [5.41, 5.74) is 0.765. The minimum absolute atomic E-state index is 0.765. The van der Waals surface area contributed by atoms with Crippen LogP contribution in [0.1, 0.15) is 13.8 Å². The van der Waals surface area contributed by atoms with Gasteiger partial charge in [-0.2, -0.15) is 0 Å². The predicted octanol–water partition coefficient (Wildman–Crippen LogP) is 3.04. The lowest BCUT2D eigenvalue weighted by atomic mass is 9.98. The lowest BCUT2D eigenvalue weighted by Crippen LogP contribution is -1.89. The van der Waals surface area contributed by atoms with E-state index in [-0.39, 0.29) is 0 Å². The van der Waals surface area contributed by atoms with Gasteiger partial charge in [-0.3, -0.25) is 0 Å². The van der Waals surface area contributed by atoms with Crippen LogP contribution in [0.15, 0.2) is 53.7 Å². The first-order chi connectivity index (χ1) is 6.68. The smallest absolute Gasteiger partial charge is 0.126 e. The average Bonchev–Trinajstić information content (AvgIpc) is 2.16. The average molecular weight is 184 g/mol. The number of para-hydroxylation sites is 1.